The molecule has 0 amide bonds. The van der Waals surface area contributed by atoms with Gasteiger partial charge in [-0.15, -0.1) is 0 Å². The summed E-state index contributed by atoms with van der Waals surface area (Å²) in [6.07, 6.45) is 5.69. The van der Waals surface area contributed by atoms with Crippen LogP contribution in [-0.2, 0) is 9.53 Å². The molecule has 1 atom stereocenters. The maximum atomic E-state index is 12.1. The topological polar surface area (TPSA) is 64.1 Å². The normalized spacial score (nSPS) is 17.8. The molecule has 1 aliphatic carbocycles. The van der Waals surface area contributed by atoms with Crippen molar-refractivity contribution in [2.75, 3.05) is 19.9 Å². The molecule has 1 heterocycles. The maximum absolute atomic E-state index is 12.1. The smallest absolute Gasteiger partial charge is 0.327 e. The van der Waals surface area contributed by atoms with E-state index in [2.05, 4.69) is 15.3 Å². The SMILES string of the molecule is CNC(CSc1ncc(C)cn1)(C(=O)OC)C1CC1. The van der Waals surface area contributed by atoms with Crippen LogP contribution in [0.25, 0.3) is 0 Å². The molecule has 104 valence electrons. The summed E-state index contributed by atoms with van der Waals surface area (Å²) < 4.78 is 4.96. The van der Waals surface area contributed by atoms with E-state index in [4.69, 9.17) is 4.74 Å². The fourth-order valence-corrected chi connectivity index (χ4v) is 3.22. The van der Waals surface area contributed by atoms with Gasteiger partial charge in [-0.25, -0.2) is 9.97 Å². The number of hydrogen-bond acceptors (Lipinski definition) is 6. The molecule has 1 unspecified atom stereocenters. The number of hydrogen-bond donors (Lipinski definition) is 1. The summed E-state index contributed by atoms with van der Waals surface area (Å²) in [4.78, 5) is 20.6. The molecule has 1 saturated carbocycles. The fourth-order valence-electron chi connectivity index (χ4n) is 2.11. The van der Waals surface area contributed by atoms with E-state index in [1.54, 1.807) is 12.4 Å². The first kappa shape index (κ1) is 14.3. The third kappa shape index (κ3) is 3.06. The predicted molar refractivity (Wildman–Crippen MR) is 74.0 cm³/mol. The van der Waals surface area contributed by atoms with Gasteiger partial charge in [0.05, 0.1) is 7.11 Å². The summed E-state index contributed by atoms with van der Waals surface area (Å²) in [6.45, 7) is 1.95. The molecule has 0 bridgehead atoms. The van der Waals surface area contributed by atoms with Crippen LogP contribution in [0.3, 0.4) is 0 Å². The van der Waals surface area contributed by atoms with E-state index < -0.39 is 5.54 Å². The lowest BCUT2D eigenvalue weighted by molar-refractivity contribution is -0.148. The minimum Gasteiger partial charge on any atom is -0.468 e. The predicted octanol–water partition coefficient (Wildman–Crippen LogP) is 1.42. The Bertz CT molecular complexity index is 448. The van der Waals surface area contributed by atoms with Gasteiger partial charge in [-0.2, -0.15) is 0 Å². The number of esters is 1. The van der Waals surface area contributed by atoms with Crippen LogP contribution in [-0.4, -0.2) is 41.4 Å². The highest BCUT2D eigenvalue weighted by Gasteiger charge is 2.51. The lowest BCUT2D eigenvalue weighted by atomic mass is 9.96. The molecule has 0 spiro atoms. The highest BCUT2D eigenvalue weighted by molar-refractivity contribution is 7.99. The number of methoxy groups -OCH3 is 1. The number of thioether (sulfide) groups is 1. The van der Waals surface area contributed by atoms with Gasteiger partial charge in [0.25, 0.3) is 0 Å². The number of carbonyl (C=O) groups is 1. The molecule has 1 N–H and O–H groups in total. The Morgan fingerprint density at radius 1 is 1.53 bits per heavy atom. The van der Waals surface area contributed by atoms with Gasteiger partial charge in [-0.05, 0) is 38.3 Å². The summed E-state index contributed by atoms with van der Waals surface area (Å²) in [6, 6.07) is 0. The van der Waals surface area contributed by atoms with Crippen LogP contribution >= 0.6 is 11.8 Å². The molecule has 2 rings (SSSR count). The van der Waals surface area contributed by atoms with Crippen molar-refractivity contribution < 1.29 is 9.53 Å². The Balaban J connectivity index is 2.08. The lowest BCUT2D eigenvalue weighted by Gasteiger charge is -2.30. The molecule has 19 heavy (non-hydrogen) atoms. The van der Waals surface area contributed by atoms with Gasteiger partial charge in [-0.1, -0.05) is 11.8 Å². The summed E-state index contributed by atoms with van der Waals surface area (Å²) in [5.74, 6) is 0.740. The Hall–Kier alpha value is -1.14. The third-order valence-electron chi connectivity index (χ3n) is 3.46. The summed E-state index contributed by atoms with van der Waals surface area (Å²) in [5.41, 5.74) is 0.410. The first-order valence-electron chi connectivity index (χ1n) is 6.31. The van der Waals surface area contributed by atoms with Crippen molar-refractivity contribution in [3.8, 4) is 0 Å². The zero-order valence-corrected chi connectivity index (χ0v) is 12.3. The van der Waals surface area contributed by atoms with Crippen molar-refractivity contribution in [1.29, 1.82) is 0 Å². The number of nitrogens with zero attached hydrogens (tertiary/aromatic N) is 2. The van der Waals surface area contributed by atoms with Crippen LogP contribution < -0.4 is 5.32 Å². The quantitative estimate of drug-likeness (QED) is 0.483. The number of nitrogens with one attached hydrogen (secondary N) is 1. The van der Waals surface area contributed by atoms with Crippen molar-refractivity contribution in [1.82, 2.24) is 15.3 Å². The first-order valence-corrected chi connectivity index (χ1v) is 7.29. The Morgan fingerprint density at radius 2 is 2.16 bits per heavy atom. The van der Waals surface area contributed by atoms with E-state index in [0.29, 0.717) is 16.8 Å². The number of aromatic nitrogens is 2. The van der Waals surface area contributed by atoms with Gasteiger partial charge in [0.2, 0.25) is 0 Å². The van der Waals surface area contributed by atoms with Crippen LogP contribution in [0.5, 0.6) is 0 Å². The average Bonchev–Trinajstić information content (AvgIpc) is 3.26. The molecule has 0 radical (unpaired) electrons. The molecule has 1 aromatic heterocycles. The molecular weight excluding hydrogens is 262 g/mol. The zero-order chi connectivity index (χ0) is 13.9. The first-order chi connectivity index (χ1) is 9.12. The molecule has 1 aliphatic rings. The van der Waals surface area contributed by atoms with Gasteiger partial charge >= 0.3 is 5.97 Å². The fraction of sp³-hybridized carbons (Fsp3) is 0.615. The Kier molecular flexibility index (Phi) is 4.42. The molecule has 0 aromatic carbocycles. The van der Waals surface area contributed by atoms with Gasteiger partial charge in [0.1, 0.15) is 5.54 Å². The molecule has 5 nitrogen and oxygen atoms in total. The number of aryl methyl sites for hydroxylation is 1. The van der Waals surface area contributed by atoms with E-state index in [0.717, 1.165) is 18.4 Å². The minimum atomic E-state index is -0.617. The van der Waals surface area contributed by atoms with Gasteiger partial charge in [0.15, 0.2) is 5.16 Å². The van der Waals surface area contributed by atoms with Gasteiger partial charge < -0.3 is 10.1 Å². The second-order valence-corrected chi connectivity index (χ2v) is 5.76. The monoisotopic (exact) mass is 281 g/mol. The zero-order valence-electron chi connectivity index (χ0n) is 11.5. The number of likely N-dealkylation sites (N-methyl/N-ethyl adjacent to an activating group) is 1. The number of carbonyl (C=O) groups excluding carboxylic acids is 1. The van der Waals surface area contributed by atoms with Crippen molar-refractivity contribution in [3.05, 3.63) is 18.0 Å². The van der Waals surface area contributed by atoms with E-state index >= 15 is 0 Å². The van der Waals surface area contributed by atoms with Crippen molar-refractivity contribution in [2.24, 2.45) is 5.92 Å². The number of ether oxygens (including phenoxy) is 1. The largest absolute Gasteiger partial charge is 0.468 e. The standard InChI is InChI=1S/C13H19N3O2S/c1-9-6-15-12(16-7-9)19-8-13(14-2,10-4-5-10)11(17)18-3/h6-7,10,14H,4-5,8H2,1-3H3. The highest BCUT2D eigenvalue weighted by atomic mass is 32.2. The van der Waals surface area contributed by atoms with Crippen molar-refractivity contribution in [3.63, 3.8) is 0 Å². The second kappa shape index (κ2) is 5.88. The molecular formula is C13H19N3O2S. The molecule has 1 fully saturated rings. The maximum Gasteiger partial charge on any atom is 0.327 e. The molecule has 0 saturated heterocycles. The number of rotatable bonds is 6. The van der Waals surface area contributed by atoms with Crippen LogP contribution in [0.4, 0.5) is 0 Å². The second-order valence-electron chi connectivity index (χ2n) is 4.82. The summed E-state index contributed by atoms with van der Waals surface area (Å²) in [7, 11) is 3.25. The average molecular weight is 281 g/mol. The molecule has 0 aliphatic heterocycles. The Morgan fingerprint density at radius 3 is 2.63 bits per heavy atom. The lowest BCUT2D eigenvalue weighted by Crippen LogP contribution is -2.55. The van der Waals surface area contributed by atoms with Crippen molar-refractivity contribution >= 4 is 17.7 Å². The third-order valence-corrected chi connectivity index (χ3v) is 4.52. The van der Waals surface area contributed by atoms with Crippen molar-refractivity contribution in [2.45, 2.75) is 30.5 Å². The van der Waals surface area contributed by atoms with E-state index in [1.807, 2.05) is 14.0 Å². The summed E-state index contributed by atoms with van der Waals surface area (Å²) >= 11 is 1.49. The minimum absolute atomic E-state index is 0.197. The van der Waals surface area contributed by atoms with E-state index in [9.17, 15) is 4.79 Å². The highest BCUT2D eigenvalue weighted by Crippen LogP contribution is 2.42. The van der Waals surface area contributed by atoms with Gasteiger partial charge in [0, 0.05) is 18.1 Å². The molecule has 6 heteroatoms. The Labute approximate surface area is 117 Å². The van der Waals surface area contributed by atoms with Crippen LogP contribution in [0.1, 0.15) is 18.4 Å². The van der Waals surface area contributed by atoms with E-state index in [1.165, 1.54) is 18.9 Å². The van der Waals surface area contributed by atoms with Crippen LogP contribution in [0.15, 0.2) is 17.6 Å². The van der Waals surface area contributed by atoms with Crippen LogP contribution in [0.2, 0.25) is 0 Å². The summed E-state index contributed by atoms with van der Waals surface area (Å²) in [5, 5.41) is 3.85. The van der Waals surface area contributed by atoms with E-state index in [-0.39, 0.29) is 5.97 Å². The van der Waals surface area contributed by atoms with Crippen LogP contribution in [0, 0.1) is 12.8 Å². The molecule has 1 aromatic rings. The van der Waals surface area contributed by atoms with Gasteiger partial charge in [-0.3, -0.25) is 4.79 Å².